The van der Waals surface area contributed by atoms with Crippen molar-refractivity contribution in [2.45, 2.75) is 19.4 Å². The Kier molecular flexibility index (Phi) is 7.38. The van der Waals surface area contributed by atoms with Crippen LogP contribution in [0.4, 0.5) is 4.79 Å². The van der Waals surface area contributed by atoms with Gasteiger partial charge in [0.1, 0.15) is 15.9 Å². The number of aliphatic carboxylic acids is 1. The molecule has 0 aromatic carbocycles. The monoisotopic (exact) mass is 296 g/mol. The molecule has 0 spiro atoms. The SMILES string of the molecule is CCN(CCO)C(=O)NC(CCS(C)(=O)=O)C(=O)O. The van der Waals surface area contributed by atoms with Gasteiger partial charge in [0.15, 0.2) is 0 Å². The highest BCUT2D eigenvalue weighted by atomic mass is 32.2. The number of hydrogen-bond donors (Lipinski definition) is 3. The van der Waals surface area contributed by atoms with Crippen molar-refractivity contribution in [3.05, 3.63) is 0 Å². The number of nitrogens with one attached hydrogen (secondary N) is 1. The fourth-order valence-corrected chi connectivity index (χ4v) is 2.02. The number of nitrogens with zero attached hydrogens (tertiary/aromatic N) is 1. The highest BCUT2D eigenvalue weighted by Crippen LogP contribution is 1.99. The summed E-state index contributed by atoms with van der Waals surface area (Å²) in [6, 6.07) is -1.91. The molecule has 0 bridgehead atoms. The predicted octanol–water partition coefficient (Wildman–Crippen LogP) is -1.10. The van der Waals surface area contributed by atoms with E-state index in [0.717, 1.165) is 6.26 Å². The van der Waals surface area contributed by atoms with Crippen molar-refractivity contribution in [2.75, 3.05) is 31.7 Å². The van der Waals surface area contributed by atoms with Gasteiger partial charge < -0.3 is 20.4 Å². The van der Waals surface area contributed by atoms with Crippen LogP contribution in [0, 0.1) is 0 Å². The van der Waals surface area contributed by atoms with Gasteiger partial charge in [-0.25, -0.2) is 18.0 Å². The van der Waals surface area contributed by atoms with Crippen LogP contribution in [-0.2, 0) is 14.6 Å². The fraction of sp³-hybridized carbons (Fsp3) is 0.800. The standard InChI is InChI=1S/C10H20N2O6S/c1-3-12(5-6-13)10(16)11-8(9(14)15)4-7-19(2,17)18/h8,13H,3-7H2,1-2H3,(H,11,16)(H,14,15). The first kappa shape index (κ1) is 17.6. The van der Waals surface area contributed by atoms with Crippen LogP contribution in [0.5, 0.6) is 0 Å². The number of amides is 2. The normalized spacial score (nSPS) is 12.8. The molecule has 0 aliphatic rings. The molecule has 0 rings (SSSR count). The Labute approximate surface area is 112 Å². The third kappa shape index (κ3) is 7.62. The van der Waals surface area contributed by atoms with Crippen molar-refractivity contribution in [2.24, 2.45) is 0 Å². The molecule has 0 heterocycles. The number of carbonyl (C=O) groups is 2. The number of hydrogen-bond acceptors (Lipinski definition) is 5. The summed E-state index contributed by atoms with van der Waals surface area (Å²) < 4.78 is 22.0. The molecule has 3 N–H and O–H groups in total. The smallest absolute Gasteiger partial charge is 0.326 e. The average Bonchev–Trinajstić information content (AvgIpc) is 2.29. The molecule has 9 heteroatoms. The number of carboxylic acid groups (broad SMARTS) is 1. The van der Waals surface area contributed by atoms with E-state index in [-0.39, 0.29) is 25.3 Å². The lowest BCUT2D eigenvalue weighted by Gasteiger charge is -2.23. The first-order chi connectivity index (χ1) is 8.71. The Hall–Kier alpha value is -1.35. The zero-order chi connectivity index (χ0) is 15.1. The van der Waals surface area contributed by atoms with Crippen LogP contribution >= 0.6 is 0 Å². The first-order valence-electron chi connectivity index (χ1n) is 5.78. The third-order valence-corrected chi connectivity index (χ3v) is 3.39. The largest absolute Gasteiger partial charge is 0.480 e. The second kappa shape index (κ2) is 7.95. The Morgan fingerprint density at radius 1 is 1.37 bits per heavy atom. The maximum absolute atomic E-state index is 11.7. The van der Waals surface area contributed by atoms with E-state index in [4.69, 9.17) is 10.2 Å². The van der Waals surface area contributed by atoms with Crippen molar-refractivity contribution < 1.29 is 28.2 Å². The molecule has 19 heavy (non-hydrogen) atoms. The summed E-state index contributed by atoms with van der Waals surface area (Å²) in [7, 11) is -3.29. The molecule has 0 aromatic heterocycles. The molecule has 0 aliphatic heterocycles. The number of carbonyl (C=O) groups excluding carboxylic acids is 1. The van der Waals surface area contributed by atoms with Gasteiger partial charge in [-0.1, -0.05) is 0 Å². The van der Waals surface area contributed by atoms with Gasteiger partial charge in [0.05, 0.1) is 12.4 Å². The summed E-state index contributed by atoms with van der Waals surface area (Å²) in [5.74, 6) is -1.62. The molecular formula is C10H20N2O6S. The molecular weight excluding hydrogens is 276 g/mol. The van der Waals surface area contributed by atoms with E-state index in [1.165, 1.54) is 4.90 Å². The fourth-order valence-electron chi connectivity index (χ4n) is 1.35. The zero-order valence-corrected chi connectivity index (χ0v) is 11.8. The van der Waals surface area contributed by atoms with Crippen molar-refractivity contribution in [3.8, 4) is 0 Å². The van der Waals surface area contributed by atoms with E-state index < -0.39 is 27.9 Å². The van der Waals surface area contributed by atoms with Crippen LogP contribution < -0.4 is 5.32 Å². The van der Waals surface area contributed by atoms with E-state index >= 15 is 0 Å². The van der Waals surface area contributed by atoms with Gasteiger partial charge in [-0.2, -0.15) is 0 Å². The van der Waals surface area contributed by atoms with Crippen LogP contribution in [0.1, 0.15) is 13.3 Å². The number of aliphatic hydroxyl groups excluding tert-OH is 1. The van der Waals surface area contributed by atoms with E-state index in [9.17, 15) is 18.0 Å². The maximum Gasteiger partial charge on any atom is 0.326 e. The van der Waals surface area contributed by atoms with E-state index in [1.54, 1.807) is 6.92 Å². The van der Waals surface area contributed by atoms with E-state index in [0.29, 0.717) is 6.54 Å². The minimum atomic E-state index is -3.29. The maximum atomic E-state index is 11.7. The third-order valence-electron chi connectivity index (χ3n) is 2.41. The van der Waals surface area contributed by atoms with Crippen LogP contribution in [0.3, 0.4) is 0 Å². The number of rotatable bonds is 8. The lowest BCUT2D eigenvalue weighted by Crippen LogP contribution is -2.49. The summed E-state index contributed by atoms with van der Waals surface area (Å²) in [6.07, 6.45) is 0.800. The lowest BCUT2D eigenvalue weighted by atomic mass is 10.2. The molecule has 0 aromatic rings. The molecule has 0 radical (unpaired) electrons. The molecule has 8 nitrogen and oxygen atoms in total. The van der Waals surface area contributed by atoms with E-state index in [2.05, 4.69) is 5.32 Å². The van der Waals surface area contributed by atoms with Crippen molar-refractivity contribution in [3.63, 3.8) is 0 Å². The molecule has 1 unspecified atom stereocenters. The second-order valence-electron chi connectivity index (χ2n) is 4.06. The van der Waals surface area contributed by atoms with Crippen molar-refractivity contribution >= 4 is 21.8 Å². The topological polar surface area (TPSA) is 124 Å². The summed E-state index contributed by atoms with van der Waals surface area (Å²) in [5, 5.41) is 19.9. The van der Waals surface area contributed by atoms with Gasteiger partial charge in [-0.3, -0.25) is 0 Å². The molecule has 0 saturated heterocycles. The van der Waals surface area contributed by atoms with Gasteiger partial charge in [0, 0.05) is 19.3 Å². The predicted molar refractivity (Wildman–Crippen MR) is 68.6 cm³/mol. The van der Waals surface area contributed by atoms with Crippen LogP contribution in [-0.4, -0.2) is 73.3 Å². The Morgan fingerprint density at radius 2 is 1.95 bits per heavy atom. The quantitative estimate of drug-likeness (QED) is 0.522. The summed E-state index contributed by atoms with van der Waals surface area (Å²) in [4.78, 5) is 23.9. The highest BCUT2D eigenvalue weighted by Gasteiger charge is 2.23. The van der Waals surface area contributed by atoms with Gasteiger partial charge in [-0.15, -0.1) is 0 Å². The van der Waals surface area contributed by atoms with Gasteiger partial charge in [0.2, 0.25) is 0 Å². The average molecular weight is 296 g/mol. The number of sulfone groups is 1. The molecule has 0 fully saturated rings. The Bertz CT molecular complexity index is 408. The highest BCUT2D eigenvalue weighted by molar-refractivity contribution is 7.90. The summed E-state index contributed by atoms with van der Waals surface area (Å²) in [5.41, 5.74) is 0. The molecule has 2 amide bonds. The molecule has 112 valence electrons. The van der Waals surface area contributed by atoms with E-state index in [1.807, 2.05) is 0 Å². The number of urea groups is 1. The Balaban J connectivity index is 4.57. The summed E-state index contributed by atoms with van der Waals surface area (Å²) >= 11 is 0. The van der Waals surface area contributed by atoms with Crippen LogP contribution in [0.2, 0.25) is 0 Å². The summed E-state index contributed by atoms with van der Waals surface area (Å²) in [6.45, 7) is 1.84. The number of likely N-dealkylation sites (N-methyl/N-ethyl adjacent to an activating group) is 1. The van der Waals surface area contributed by atoms with Gasteiger partial charge in [0.25, 0.3) is 0 Å². The zero-order valence-electron chi connectivity index (χ0n) is 11.0. The minimum Gasteiger partial charge on any atom is -0.480 e. The second-order valence-corrected chi connectivity index (χ2v) is 6.32. The Morgan fingerprint density at radius 3 is 2.32 bits per heavy atom. The van der Waals surface area contributed by atoms with Crippen LogP contribution in [0.15, 0.2) is 0 Å². The molecule has 0 aliphatic carbocycles. The molecule has 0 saturated carbocycles. The number of carboxylic acids is 1. The number of aliphatic hydroxyl groups is 1. The van der Waals surface area contributed by atoms with Gasteiger partial charge >= 0.3 is 12.0 Å². The van der Waals surface area contributed by atoms with Crippen molar-refractivity contribution in [1.29, 1.82) is 0 Å². The van der Waals surface area contributed by atoms with Crippen LogP contribution in [0.25, 0.3) is 0 Å². The van der Waals surface area contributed by atoms with Gasteiger partial charge in [-0.05, 0) is 13.3 Å². The first-order valence-corrected chi connectivity index (χ1v) is 7.84. The lowest BCUT2D eigenvalue weighted by molar-refractivity contribution is -0.139. The minimum absolute atomic E-state index is 0.0841. The van der Waals surface area contributed by atoms with Crippen molar-refractivity contribution in [1.82, 2.24) is 10.2 Å². The molecule has 1 atom stereocenters.